The highest BCUT2D eigenvalue weighted by atomic mass is 79.9. The molecule has 3 rings (SSSR count). The van der Waals surface area contributed by atoms with Gasteiger partial charge in [-0.15, -0.1) is 0 Å². The van der Waals surface area contributed by atoms with Crippen LogP contribution in [-0.4, -0.2) is 6.61 Å². The zero-order valence-electron chi connectivity index (χ0n) is 16.6. The van der Waals surface area contributed by atoms with Crippen LogP contribution in [0.2, 0.25) is 10.0 Å². The van der Waals surface area contributed by atoms with Crippen molar-refractivity contribution < 1.29 is 13.9 Å². The van der Waals surface area contributed by atoms with E-state index in [0.29, 0.717) is 40.3 Å². The predicted octanol–water partition coefficient (Wildman–Crippen LogP) is 7.79. The summed E-state index contributed by atoms with van der Waals surface area (Å²) in [7, 11) is 0. The largest absolute Gasteiger partial charge is 0.490 e. The van der Waals surface area contributed by atoms with Crippen molar-refractivity contribution in [2.45, 2.75) is 27.0 Å². The molecule has 3 aromatic rings. The van der Waals surface area contributed by atoms with Crippen LogP contribution in [0.4, 0.5) is 10.1 Å². The van der Waals surface area contributed by atoms with Gasteiger partial charge in [0.15, 0.2) is 11.5 Å². The van der Waals surface area contributed by atoms with Crippen molar-refractivity contribution in [2.75, 3.05) is 11.9 Å². The molecule has 0 saturated carbocycles. The molecule has 0 saturated heterocycles. The minimum Gasteiger partial charge on any atom is -0.490 e. The van der Waals surface area contributed by atoms with E-state index in [1.54, 1.807) is 12.1 Å². The molecule has 3 aromatic carbocycles. The molecule has 0 radical (unpaired) electrons. The predicted molar refractivity (Wildman–Crippen MR) is 125 cm³/mol. The third-order valence-corrected chi connectivity index (χ3v) is 6.00. The van der Waals surface area contributed by atoms with E-state index in [1.165, 1.54) is 6.07 Å². The van der Waals surface area contributed by atoms with Gasteiger partial charge in [0.05, 0.1) is 11.6 Å². The number of ether oxygens (including phenoxy) is 2. The van der Waals surface area contributed by atoms with Crippen LogP contribution in [0.3, 0.4) is 0 Å². The summed E-state index contributed by atoms with van der Waals surface area (Å²) >= 11 is 15.9. The van der Waals surface area contributed by atoms with E-state index in [4.69, 9.17) is 32.7 Å². The highest BCUT2D eigenvalue weighted by Gasteiger charge is 2.14. The topological polar surface area (TPSA) is 30.5 Å². The highest BCUT2D eigenvalue weighted by Crippen LogP contribution is 2.35. The van der Waals surface area contributed by atoms with E-state index >= 15 is 0 Å². The molecule has 30 heavy (non-hydrogen) atoms. The van der Waals surface area contributed by atoms with E-state index in [-0.39, 0.29) is 6.61 Å². The van der Waals surface area contributed by atoms with Crippen LogP contribution < -0.4 is 14.8 Å². The van der Waals surface area contributed by atoms with Crippen molar-refractivity contribution in [3.05, 3.63) is 85.6 Å². The lowest BCUT2D eigenvalue weighted by Gasteiger charge is -2.16. The standard InChI is InChI=1S/C23H21BrCl2FNO2/c1-3-29-22-9-15(12-28-16-8-7-14(2)20(26)10-16)18(24)11-23(22)30-13-17-19(25)5-4-6-21(17)27/h4-11,28H,3,12-13H2,1-2H3. The normalized spacial score (nSPS) is 10.7. The lowest BCUT2D eigenvalue weighted by molar-refractivity contribution is 0.265. The molecule has 7 heteroatoms. The summed E-state index contributed by atoms with van der Waals surface area (Å²) in [4.78, 5) is 0. The van der Waals surface area contributed by atoms with Crippen molar-refractivity contribution in [3.63, 3.8) is 0 Å². The molecule has 0 aromatic heterocycles. The van der Waals surface area contributed by atoms with E-state index in [2.05, 4.69) is 21.2 Å². The van der Waals surface area contributed by atoms with Crippen LogP contribution >= 0.6 is 39.1 Å². The number of halogens is 4. The molecule has 0 amide bonds. The number of aryl methyl sites for hydroxylation is 1. The molecule has 158 valence electrons. The molecular formula is C23H21BrCl2FNO2. The fraction of sp³-hybridized carbons (Fsp3) is 0.217. The van der Waals surface area contributed by atoms with Gasteiger partial charge in [0.1, 0.15) is 12.4 Å². The number of hydrogen-bond donors (Lipinski definition) is 1. The molecule has 0 atom stereocenters. The Labute approximate surface area is 194 Å². The Hall–Kier alpha value is -1.95. The summed E-state index contributed by atoms with van der Waals surface area (Å²) in [6, 6.07) is 14.1. The van der Waals surface area contributed by atoms with E-state index in [0.717, 1.165) is 21.3 Å². The fourth-order valence-corrected chi connectivity index (χ4v) is 3.67. The maximum atomic E-state index is 14.0. The number of benzene rings is 3. The second-order valence-electron chi connectivity index (χ2n) is 6.63. The quantitative estimate of drug-likeness (QED) is 0.334. The van der Waals surface area contributed by atoms with Crippen molar-refractivity contribution in [1.82, 2.24) is 0 Å². The zero-order valence-corrected chi connectivity index (χ0v) is 19.7. The van der Waals surface area contributed by atoms with Gasteiger partial charge in [-0.1, -0.05) is 51.3 Å². The molecule has 0 aliphatic heterocycles. The van der Waals surface area contributed by atoms with E-state index < -0.39 is 5.82 Å². The number of anilines is 1. The zero-order chi connectivity index (χ0) is 21.7. The first-order valence-corrected chi connectivity index (χ1v) is 10.9. The van der Waals surface area contributed by atoms with Gasteiger partial charge in [-0.05, 0) is 61.4 Å². The minimum atomic E-state index is -0.405. The maximum absolute atomic E-state index is 14.0. The van der Waals surface area contributed by atoms with Gasteiger partial charge in [-0.2, -0.15) is 0 Å². The van der Waals surface area contributed by atoms with E-state index in [1.807, 2.05) is 44.2 Å². The van der Waals surface area contributed by atoms with Crippen LogP contribution in [-0.2, 0) is 13.2 Å². The Morgan fingerprint density at radius 2 is 1.77 bits per heavy atom. The van der Waals surface area contributed by atoms with Gasteiger partial charge in [0.2, 0.25) is 0 Å². The maximum Gasteiger partial charge on any atom is 0.162 e. The molecule has 0 bridgehead atoms. The SMILES string of the molecule is CCOc1cc(CNc2ccc(C)c(Cl)c2)c(Br)cc1OCc1c(F)cccc1Cl. The Bertz CT molecular complexity index is 1030. The average molecular weight is 513 g/mol. The number of nitrogens with one attached hydrogen (secondary N) is 1. The van der Waals surface area contributed by atoms with Crippen LogP contribution in [0.25, 0.3) is 0 Å². The Morgan fingerprint density at radius 3 is 2.47 bits per heavy atom. The lowest BCUT2D eigenvalue weighted by Crippen LogP contribution is -2.05. The monoisotopic (exact) mass is 511 g/mol. The highest BCUT2D eigenvalue weighted by molar-refractivity contribution is 9.10. The summed E-state index contributed by atoms with van der Waals surface area (Å²) in [5.74, 6) is 0.675. The van der Waals surface area contributed by atoms with Crippen molar-refractivity contribution in [3.8, 4) is 11.5 Å². The second kappa shape index (κ2) is 10.4. The van der Waals surface area contributed by atoms with Gasteiger partial charge in [0.25, 0.3) is 0 Å². The molecule has 0 unspecified atom stereocenters. The molecule has 0 fully saturated rings. The molecule has 0 heterocycles. The van der Waals surface area contributed by atoms with Gasteiger partial charge in [0, 0.05) is 27.3 Å². The average Bonchev–Trinajstić information content (AvgIpc) is 2.71. The van der Waals surface area contributed by atoms with Crippen LogP contribution in [0.15, 0.2) is 53.0 Å². The lowest BCUT2D eigenvalue weighted by atomic mass is 10.1. The Balaban J connectivity index is 1.78. The number of hydrogen-bond acceptors (Lipinski definition) is 3. The Kier molecular flexibility index (Phi) is 7.87. The molecule has 0 aliphatic rings. The first-order valence-electron chi connectivity index (χ1n) is 9.40. The van der Waals surface area contributed by atoms with Gasteiger partial charge in [-0.3, -0.25) is 0 Å². The van der Waals surface area contributed by atoms with Crippen LogP contribution in [0.1, 0.15) is 23.6 Å². The molecule has 3 nitrogen and oxygen atoms in total. The summed E-state index contributed by atoms with van der Waals surface area (Å²) < 4.78 is 26.5. The molecule has 0 aliphatic carbocycles. The first-order chi connectivity index (χ1) is 14.4. The molecule has 1 N–H and O–H groups in total. The molecular weight excluding hydrogens is 492 g/mol. The Morgan fingerprint density at radius 1 is 1.00 bits per heavy atom. The number of rotatable bonds is 8. The summed E-state index contributed by atoms with van der Waals surface area (Å²) in [6.07, 6.45) is 0. The van der Waals surface area contributed by atoms with Crippen LogP contribution in [0.5, 0.6) is 11.5 Å². The third-order valence-electron chi connectivity index (χ3n) is 4.50. The second-order valence-corrected chi connectivity index (χ2v) is 8.30. The summed E-state index contributed by atoms with van der Waals surface area (Å²) in [5.41, 5.74) is 3.23. The van der Waals surface area contributed by atoms with E-state index in [9.17, 15) is 4.39 Å². The molecule has 0 spiro atoms. The summed E-state index contributed by atoms with van der Waals surface area (Å²) in [6.45, 7) is 4.88. The fourth-order valence-electron chi connectivity index (χ4n) is 2.81. The van der Waals surface area contributed by atoms with Crippen molar-refractivity contribution >= 4 is 44.8 Å². The van der Waals surface area contributed by atoms with Gasteiger partial charge in [-0.25, -0.2) is 4.39 Å². The third kappa shape index (κ3) is 5.60. The van der Waals surface area contributed by atoms with Crippen molar-refractivity contribution in [1.29, 1.82) is 0 Å². The van der Waals surface area contributed by atoms with Crippen molar-refractivity contribution in [2.24, 2.45) is 0 Å². The van der Waals surface area contributed by atoms with Gasteiger partial charge < -0.3 is 14.8 Å². The smallest absolute Gasteiger partial charge is 0.162 e. The minimum absolute atomic E-state index is 0.00250. The summed E-state index contributed by atoms with van der Waals surface area (Å²) in [5, 5.41) is 4.39. The van der Waals surface area contributed by atoms with Crippen LogP contribution in [0, 0.1) is 12.7 Å². The first kappa shape index (κ1) is 22.7. The van der Waals surface area contributed by atoms with Gasteiger partial charge >= 0.3 is 0 Å².